The van der Waals surface area contributed by atoms with Crippen molar-refractivity contribution in [2.24, 2.45) is 0 Å². The van der Waals surface area contributed by atoms with Gasteiger partial charge in [0.15, 0.2) is 6.79 Å². The number of anilines is 1. The van der Waals surface area contributed by atoms with E-state index in [9.17, 15) is 4.79 Å². The number of rotatable bonds is 5. The summed E-state index contributed by atoms with van der Waals surface area (Å²) in [4.78, 5) is 13.0. The smallest absolute Gasteiger partial charge is 0.321 e. The van der Waals surface area contributed by atoms with E-state index in [1.165, 1.54) is 4.90 Å². The number of halogens is 1. The van der Waals surface area contributed by atoms with Gasteiger partial charge < -0.3 is 19.7 Å². The highest BCUT2D eigenvalue weighted by Crippen LogP contribution is 2.28. The summed E-state index contributed by atoms with van der Waals surface area (Å²) in [5.74, 6) is 2.95. The van der Waals surface area contributed by atoms with Crippen LogP contribution in [0.25, 0.3) is 0 Å². The summed E-state index contributed by atoms with van der Waals surface area (Å²) in [6.07, 6.45) is 5.31. The molecule has 0 aliphatic carbocycles. The quantitative estimate of drug-likeness (QED) is 0.671. The van der Waals surface area contributed by atoms with Crippen LogP contribution in [0.1, 0.15) is 13.8 Å². The van der Waals surface area contributed by atoms with Crippen LogP contribution in [-0.4, -0.2) is 37.4 Å². The zero-order chi connectivity index (χ0) is 16.0. The summed E-state index contributed by atoms with van der Waals surface area (Å²) in [6.45, 7) is 3.51. The molecule has 1 aromatic rings. The van der Waals surface area contributed by atoms with Gasteiger partial charge in [0.2, 0.25) is 0 Å². The first kappa shape index (κ1) is 17.2. The summed E-state index contributed by atoms with van der Waals surface area (Å²) < 4.78 is 10.8. The highest BCUT2D eigenvalue weighted by Gasteiger charge is 2.14. The largest absolute Gasteiger partial charge is 0.466 e. The van der Waals surface area contributed by atoms with Gasteiger partial charge in [-0.1, -0.05) is 17.5 Å². The molecule has 21 heavy (non-hydrogen) atoms. The average Bonchev–Trinajstić information content (AvgIpc) is 2.41. The first-order valence-electron chi connectivity index (χ1n) is 6.27. The van der Waals surface area contributed by atoms with Crippen LogP contribution in [0, 0.1) is 12.3 Å². The minimum atomic E-state index is -0.702. The zero-order valence-corrected chi connectivity index (χ0v) is 13.3. The van der Waals surface area contributed by atoms with Crippen LogP contribution in [0.5, 0.6) is 5.75 Å². The maximum atomic E-state index is 11.5. The Balaban J connectivity index is 2.63. The number of carbonyl (C=O) groups excluding carboxylic acids is 1. The molecule has 0 fully saturated rings. The molecule has 1 aromatic carbocycles. The minimum absolute atomic E-state index is 0.0136. The molecule has 0 saturated heterocycles. The lowest BCUT2D eigenvalue weighted by Crippen LogP contribution is -2.27. The maximum Gasteiger partial charge on any atom is 0.321 e. The van der Waals surface area contributed by atoms with Crippen LogP contribution < -0.4 is 10.1 Å². The van der Waals surface area contributed by atoms with Crippen molar-refractivity contribution in [2.75, 3.05) is 26.2 Å². The van der Waals surface area contributed by atoms with Crippen LogP contribution in [0.2, 0.25) is 5.02 Å². The minimum Gasteiger partial charge on any atom is -0.466 e. The maximum absolute atomic E-state index is 11.5. The van der Waals surface area contributed by atoms with Crippen molar-refractivity contribution in [2.45, 2.75) is 19.4 Å². The van der Waals surface area contributed by atoms with Gasteiger partial charge in [-0.3, -0.25) is 0 Å². The second-order valence-electron chi connectivity index (χ2n) is 5.03. The SMILES string of the molecule is C#CC(C)(C)OCOc1ccc(NC(=O)N(C)C)cc1Cl. The second kappa shape index (κ2) is 7.21. The molecule has 6 heteroatoms. The van der Waals surface area contributed by atoms with Crippen molar-refractivity contribution in [3.05, 3.63) is 23.2 Å². The molecule has 2 amide bonds. The molecule has 0 spiro atoms. The predicted molar refractivity (Wildman–Crippen MR) is 83.6 cm³/mol. The summed E-state index contributed by atoms with van der Waals surface area (Å²) in [7, 11) is 3.30. The number of nitrogens with one attached hydrogen (secondary N) is 1. The van der Waals surface area contributed by atoms with Gasteiger partial charge >= 0.3 is 6.03 Å². The molecule has 0 radical (unpaired) electrons. The van der Waals surface area contributed by atoms with Crippen molar-refractivity contribution >= 4 is 23.3 Å². The van der Waals surface area contributed by atoms with E-state index in [4.69, 9.17) is 27.5 Å². The Hall–Kier alpha value is -1.90. The Kier molecular flexibility index (Phi) is 5.89. The van der Waals surface area contributed by atoms with E-state index in [2.05, 4.69) is 11.2 Å². The Morgan fingerprint density at radius 1 is 1.48 bits per heavy atom. The highest BCUT2D eigenvalue weighted by molar-refractivity contribution is 6.32. The zero-order valence-electron chi connectivity index (χ0n) is 12.6. The molecule has 114 valence electrons. The van der Waals surface area contributed by atoms with Crippen LogP contribution in [0.4, 0.5) is 10.5 Å². The molecular formula is C15H19ClN2O3. The average molecular weight is 311 g/mol. The molecule has 0 aromatic heterocycles. The van der Waals surface area contributed by atoms with E-state index in [1.54, 1.807) is 46.1 Å². The second-order valence-corrected chi connectivity index (χ2v) is 5.44. The van der Waals surface area contributed by atoms with Gasteiger partial charge in [0.05, 0.1) is 5.02 Å². The number of benzene rings is 1. The number of urea groups is 1. The summed E-state index contributed by atoms with van der Waals surface area (Å²) in [6, 6.07) is 4.71. The molecule has 5 nitrogen and oxygen atoms in total. The van der Waals surface area contributed by atoms with Gasteiger partial charge in [0, 0.05) is 19.8 Å². The van der Waals surface area contributed by atoms with E-state index in [-0.39, 0.29) is 12.8 Å². The fourth-order valence-corrected chi connectivity index (χ4v) is 1.45. The molecule has 0 saturated carbocycles. The lowest BCUT2D eigenvalue weighted by atomic mass is 10.2. The van der Waals surface area contributed by atoms with Crippen molar-refractivity contribution in [3.8, 4) is 18.1 Å². The van der Waals surface area contributed by atoms with E-state index in [1.807, 2.05) is 0 Å². The van der Waals surface area contributed by atoms with Gasteiger partial charge in [-0.15, -0.1) is 6.42 Å². The molecular weight excluding hydrogens is 292 g/mol. The monoisotopic (exact) mass is 310 g/mol. The first-order chi connectivity index (χ1) is 9.75. The molecule has 1 N–H and O–H groups in total. The fourth-order valence-electron chi connectivity index (χ4n) is 1.21. The van der Waals surface area contributed by atoms with Crippen molar-refractivity contribution < 1.29 is 14.3 Å². The van der Waals surface area contributed by atoms with Crippen molar-refractivity contribution in [1.29, 1.82) is 0 Å². The molecule has 0 bridgehead atoms. The number of nitrogens with zero attached hydrogens (tertiary/aromatic N) is 1. The number of hydrogen-bond acceptors (Lipinski definition) is 3. The molecule has 0 aliphatic rings. The third-order valence-electron chi connectivity index (χ3n) is 2.57. The number of terminal acetylenes is 1. The van der Waals surface area contributed by atoms with Crippen LogP contribution >= 0.6 is 11.6 Å². The summed E-state index contributed by atoms with van der Waals surface area (Å²) >= 11 is 6.09. The number of ether oxygens (including phenoxy) is 2. The Morgan fingerprint density at radius 2 is 2.14 bits per heavy atom. The van der Waals surface area contributed by atoms with Gasteiger partial charge in [0.25, 0.3) is 0 Å². The van der Waals surface area contributed by atoms with Gasteiger partial charge in [-0.25, -0.2) is 4.79 Å². The normalized spacial score (nSPS) is 10.7. The molecule has 0 unspecified atom stereocenters. The lowest BCUT2D eigenvalue weighted by Gasteiger charge is -2.19. The van der Waals surface area contributed by atoms with Crippen molar-refractivity contribution in [3.63, 3.8) is 0 Å². The Bertz CT molecular complexity index is 550. The number of carbonyl (C=O) groups is 1. The van der Waals surface area contributed by atoms with E-state index >= 15 is 0 Å². The number of hydrogen-bond donors (Lipinski definition) is 1. The van der Waals surface area contributed by atoms with Crippen LogP contribution in [-0.2, 0) is 4.74 Å². The number of amides is 2. The van der Waals surface area contributed by atoms with E-state index in [0.29, 0.717) is 16.5 Å². The van der Waals surface area contributed by atoms with Crippen molar-refractivity contribution in [1.82, 2.24) is 4.90 Å². The van der Waals surface area contributed by atoms with E-state index in [0.717, 1.165) is 0 Å². The summed E-state index contributed by atoms with van der Waals surface area (Å²) in [5, 5.41) is 3.06. The lowest BCUT2D eigenvalue weighted by molar-refractivity contribution is -0.0550. The highest BCUT2D eigenvalue weighted by atomic mass is 35.5. The third kappa shape index (κ3) is 5.54. The molecule has 0 heterocycles. The fraction of sp³-hybridized carbons (Fsp3) is 0.400. The Labute approximate surface area is 130 Å². The third-order valence-corrected chi connectivity index (χ3v) is 2.87. The van der Waals surface area contributed by atoms with Crippen LogP contribution in [0.15, 0.2) is 18.2 Å². The standard InChI is InChI=1S/C15H19ClN2O3/c1-6-15(2,3)21-10-20-13-8-7-11(9-12(13)16)17-14(19)18(4)5/h1,7-9H,10H2,2-5H3,(H,17,19). The van der Waals surface area contributed by atoms with E-state index < -0.39 is 5.60 Å². The van der Waals surface area contributed by atoms with Gasteiger partial charge in [0.1, 0.15) is 11.4 Å². The predicted octanol–water partition coefficient (Wildman–Crippen LogP) is 3.20. The molecule has 0 atom stereocenters. The topological polar surface area (TPSA) is 50.8 Å². The molecule has 1 rings (SSSR count). The molecule has 0 aliphatic heterocycles. The summed E-state index contributed by atoms with van der Waals surface area (Å²) in [5.41, 5.74) is -0.123. The van der Waals surface area contributed by atoms with Crippen LogP contribution in [0.3, 0.4) is 0 Å². The van der Waals surface area contributed by atoms with Gasteiger partial charge in [-0.2, -0.15) is 0 Å². The Morgan fingerprint density at radius 3 is 2.67 bits per heavy atom. The first-order valence-corrected chi connectivity index (χ1v) is 6.65. The van der Waals surface area contributed by atoms with Gasteiger partial charge in [-0.05, 0) is 32.0 Å².